The topological polar surface area (TPSA) is 70.4 Å². The summed E-state index contributed by atoms with van der Waals surface area (Å²) in [5, 5.41) is 16.8. The van der Waals surface area contributed by atoms with Gasteiger partial charge in [-0.1, -0.05) is 17.7 Å². The second-order valence-corrected chi connectivity index (χ2v) is 6.89. The first-order chi connectivity index (χ1) is 12.0. The number of anilines is 1. The Labute approximate surface area is 148 Å². The molecule has 0 saturated carbocycles. The second kappa shape index (κ2) is 7.80. The molecule has 1 aliphatic heterocycles. The quantitative estimate of drug-likeness (QED) is 0.873. The monoisotopic (exact) mass is 342 g/mol. The van der Waals surface area contributed by atoms with Gasteiger partial charge in [0.1, 0.15) is 5.82 Å². The summed E-state index contributed by atoms with van der Waals surface area (Å²) in [5.74, 6) is 0.913. The highest BCUT2D eigenvalue weighted by Crippen LogP contribution is 2.19. The van der Waals surface area contributed by atoms with Crippen LogP contribution in [0.1, 0.15) is 24.1 Å². The van der Waals surface area contributed by atoms with Crippen molar-refractivity contribution in [3.8, 4) is 5.69 Å². The zero-order chi connectivity index (χ0) is 17.8. The fourth-order valence-electron chi connectivity index (χ4n) is 3.30. The molecule has 1 aromatic heterocycles. The molecule has 134 valence electrons. The van der Waals surface area contributed by atoms with Gasteiger partial charge in [0, 0.05) is 19.2 Å². The number of aliphatic hydroxyl groups excluding tert-OH is 1. The Hall–Kier alpha value is -2.18. The SMILES string of the molecule is Cc1ccc(-n2nc(C)cc2NC(=O)CN2CCCC(CO)C2)cc1. The van der Waals surface area contributed by atoms with E-state index in [2.05, 4.69) is 15.3 Å². The summed E-state index contributed by atoms with van der Waals surface area (Å²) in [5.41, 5.74) is 2.96. The van der Waals surface area contributed by atoms with E-state index in [-0.39, 0.29) is 18.4 Å². The van der Waals surface area contributed by atoms with Crippen molar-refractivity contribution in [3.05, 3.63) is 41.6 Å². The number of aliphatic hydroxyl groups is 1. The zero-order valence-electron chi connectivity index (χ0n) is 14.9. The maximum atomic E-state index is 12.5. The van der Waals surface area contributed by atoms with E-state index < -0.39 is 0 Å². The molecular weight excluding hydrogens is 316 g/mol. The third-order valence-electron chi connectivity index (χ3n) is 4.61. The predicted molar refractivity (Wildman–Crippen MR) is 97.9 cm³/mol. The molecule has 6 nitrogen and oxygen atoms in total. The molecule has 0 bridgehead atoms. The van der Waals surface area contributed by atoms with E-state index in [0.717, 1.165) is 37.3 Å². The molecule has 1 atom stereocenters. The molecule has 1 amide bonds. The van der Waals surface area contributed by atoms with Crippen LogP contribution in [0.5, 0.6) is 0 Å². The number of nitrogens with one attached hydrogen (secondary N) is 1. The number of nitrogens with zero attached hydrogens (tertiary/aromatic N) is 3. The Morgan fingerprint density at radius 1 is 1.32 bits per heavy atom. The molecule has 1 aromatic carbocycles. The predicted octanol–water partition coefficient (Wildman–Crippen LogP) is 2.13. The molecule has 2 aromatic rings. The van der Waals surface area contributed by atoms with Crippen LogP contribution in [0.25, 0.3) is 5.69 Å². The normalized spacial score (nSPS) is 18.3. The van der Waals surface area contributed by atoms with Gasteiger partial charge in [0.25, 0.3) is 0 Å². The fourth-order valence-corrected chi connectivity index (χ4v) is 3.30. The number of hydrogen-bond acceptors (Lipinski definition) is 4. The number of amides is 1. The molecule has 3 rings (SSSR count). The van der Waals surface area contributed by atoms with Gasteiger partial charge < -0.3 is 10.4 Å². The second-order valence-electron chi connectivity index (χ2n) is 6.89. The van der Waals surface area contributed by atoms with Crippen molar-refractivity contribution >= 4 is 11.7 Å². The van der Waals surface area contributed by atoms with Gasteiger partial charge in [0.05, 0.1) is 17.9 Å². The van der Waals surface area contributed by atoms with E-state index in [1.807, 2.05) is 44.2 Å². The van der Waals surface area contributed by atoms with Gasteiger partial charge in [0.2, 0.25) is 5.91 Å². The highest BCUT2D eigenvalue weighted by atomic mass is 16.3. The summed E-state index contributed by atoms with van der Waals surface area (Å²) < 4.78 is 1.76. The van der Waals surface area contributed by atoms with Crippen molar-refractivity contribution in [2.45, 2.75) is 26.7 Å². The Bertz CT molecular complexity index is 724. The van der Waals surface area contributed by atoms with Crippen LogP contribution in [0.15, 0.2) is 30.3 Å². The standard InChI is InChI=1S/C19H26N4O2/c1-14-5-7-17(8-6-14)23-18(10-15(2)21-23)20-19(25)12-22-9-3-4-16(11-22)13-24/h5-8,10,16,24H,3-4,9,11-13H2,1-2H3,(H,20,25). The number of benzene rings is 1. The van der Waals surface area contributed by atoms with Crippen LogP contribution in [-0.4, -0.2) is 51.9 Å². The van der Waals surface area contributed by atoms with Crippen LogP contribution in [0.2, 0.25) is 0 Å². The van der Waals surface area contributed by atoms with Crippen molar-refractivity contribution in [1.29, 1.82) is 0 Å². The lowest BCUT2D eigenvalue weighted by molar-refractivity contribution is -0.117. The lowest BCUT2D eigenvalue weighted by Crippen LogP contribution is -2.41. The molecule has 25 heavy (non-hydrogen) atoms. The van der Waals surface area contributed by atoms with E-state index in [1.54, 1.807) is 4.68 Å². The van der Waals surface area contributed by atoms with Crippen LogP contribution in [-0.2, 0) is 4.79 Å². The first-order valence-corrected chi connectivity index (χ1v) is 8.82. The summed E-state index contributed by atoms with van der Waals surface area (Å²) in [6.45, 7) is 6.17. The van der Waals surface area contributed by atoms with Crippen LogP contribution >= 0.6 is 0 Å². The van der Waals surface area contributed by atoms with Gasteiger partial charge in [-0.25, -0.2) is 4.68 Å². The molecule has 6 heteroatoms. The molecule has 2 heterocycles. The lowest BCUT2D eigenvalue weighted by atomic mass is 9.99. The van der Waals surface area contributed by atoms with Gasteiger partial charge in [-0.3, -0.25) is 9.69 Å². The van der Waals surface area contributed by atoms with Crippen LogP contribution in [0, 0.1) is 19.8 Å². The van der Waals surface area contributed by atoms with Crippen LogP contribution in [0.3, 0.4) is 0 Å². The molecular formula is C19H26N4O2. The number of rotatable bonds is 5. The number of hydrogen-bond donors (Lipinski definition) is 2. The van der Waals surface area contributed by atoms with Crippen molar-refractivity contribution in [2.75, 3.05) is 31.6 Å². The first kappa shape index (κ1) is 17.6. The van der Waals surface area contributed by atoms with Crippen LogP contribution < -0.4 is 5.32 Å². The number of likely N-dealkylation sites (tertiary alicyclic amines) is 1. The highest BCUT2D eigenvalue weighted by Gasteiger charge is 2.21. The van der Waals surface area contributed by atoms with Gasteiger partial charge in [-0.2, -0.15) is 5.10 Å². The van der Waals surface area contributed by atoms with Crippen molar-refractivity contribution in [3.63, 3.8) is 0 Å². The van der Waals surface area contributed by atoms with Gasteiger partial charge in [0.15, 0.2) is 0 Å². The van der Waals surface area contributed by atoms with Gasteiger partial charge in [-0.15, -0.1) is 0 Å². The Balaban J connectivity index is 1.68. The minimum Gasteiger partial charge on any atom is -0.396 e. The van der Waals surface area contributed by atoms with Gasteiger partial charge in [-0.05, 0) is 51.3 Å². The molecule has 0 aliphatic carbocycles. The summed E-state index contributed by atoms with van der Waals surface area (Å²) in [6.07, 6.45) is 2.06. The van der Waals surface area contributed by atoms with E-state index in [9.17, 15) is 9.90 Å². The minimum atomic E-state index is -0.0492. The third kappa shape index (κ3) is 4.46. The molecule has 1 saturated heterocycles. The number of aryl methyl sites for hydroxylation is 2. The van der Waals surface area contributed by atoms with E-state index >= 15 is 0 Å². The Morgan fingerprint density at radius 2 is 2.08 bits per heavy atom. The highest BCUT2D eigenvalue weighted by molar-refractivity contribution is 5.91. The molecule has 1 aliphatic rings. The van der Waals surface area contributed by atoms with Crippen molar-refractivity contribution in [2.24, 2.45) is 5.92 Å². The largest absolute Gasteiger partial charge is 0.396 e. The molecule has 1 fully saturated rings. The molecule has 0 radical (unpaired) electrons. The van der Waals surface area contributed by atoms with E-state index in [4.69, 9.17) is 0 Å². The molecule has 1 unspecified atom stereocenters. The van der Waals surface area contributed by atoms with Crippen LogP contribution in [0.4, 0.5) is 5.82 Å². The number of carbonyl (C=O) groups is 1. The average Bonchev–Trinajstić information content (AvgIpc) is 2.95. The maximum absolute atomic E-state index is 12.5. The van der Waals surface area contributed by atoms with Gasteiger partial charge >= 0.3 is 0 Å². The van der Waals surface area contributed by atoms with E-state index in [0.29, 0.717) is 12.4 Å². The summed E-state index contributed by atoms with van der Waals surface area (Å²) in [4.78, 5) is 14.6. The molecule has 2 N–H and O–H groups in total. The maximum Gasteiger partial charge on any atom is 0.239 e. The van der Waals surface area contributed by atoms with Crippen molar-refractivity contribution in [1.82, 2.24) is 14.7 Å². The smallest absolute Gasteiger partial charge is 0.239 e. The summed E-state index contributed by atoms with van der Waals surface area (Å²) >= 11 is 0. The number of aromatic nitrogens is 2. The average molecular weight is 342 g/mol. The number of piperidine rings is 1. The Morgan fingerprint density at radius 3 is 2.80 bits per heavy atom. The number of carbonyl (C=O) groups excluding carboxylic acids is 1. The fraction of sp³-hybridized carbons (Fsp3) is 0.474. The Kier molecular flexibility index (Phi) is 5.50. The van der Waals surface area contributed by atoms with E-state index in [1.165, 1.54) is 5.56 Å². The van der Waals surface area contributed by atoms with Crippen molar-refractivity contribution < 1.29 is 9.90 Å². The first-order valence-electron chi connectivity index (χ1n) is 8.82. The minimum absolute atomic E-state index is 0.0492. The zero-order valence-corrected chi connectivity index (χ0v) is 14.9. The third-order valence-corrected chi connectivity index (χ3v) is 4.61. The summed E-state index contributed by atoms with van der Waals surface area (Å²) in [6, 6.07) is 9.92. The summed E-state index contributed by atoms with van der Waals surface area (Å²) in [7, 11) is 0. The lowest BCUT2D eigenvalue weighted by Gasteiger charge is -2.31. The molecule has 0 spiro atoms.